The molecule has 14 heavy (non-hydrogen) atoms. The number of aromatic hydroxyl groups is 2. The molecule has 1 rings (SSSR count). The summed E-state index contributed by atoms with van der Waals surface area (Å²) in [5.74, 6) is -0.225. The van der Waals surface area contributed by atoms with Crippen molar-refractivity contribution in [1.29, 1.82) is 0 Å². The van der Waals surface area contributed by atoms with Gasteiger partial charge in [0.25, 0.3) is 0 Å². The average Bonchev–Trinajstić information content (AvgIpc) is 2.20. The van der Waals surface area contributed by atoms with Crippen molar-refractivity contribution in [2.75, 3.05) is 6.54 Å². The third kappa shape index (κ3) is 2.16. The van der Waals surface area contributed by atoms with Crippen molar-refractivity contribution >= 4 is 0 Å². The zero-order valence-corrected chi connectivity index (χ0v) is 7.83. The van der Waals surface area contributed by atoms with Gasteiger partial charge in [0.2, 0.25) is 0 Å². The van der Waals surface area contributed by atoms with Gasteiger partial charge in [-0.1, -0.05) is 18.7 Å². The quantitative estimate of drug-likeness (QED) is 0.498. The molecule has 0 aliphatic carbocycles. The number of nitrogens with two attached hydrogens (primary N) is 1. The van der Waals surface area contributed by atoms with Crippen LogP contribution in [0.1, 0.15) is 5.56 Å². The average molecular weight is 191 g/mol. The van der Waals surface area contributed by atoms with Crippen LogP contribution < -0.4 is 5.73 Å². The third-order valence-electron chi connectivity index (χ3n) is 2.00. The number of phenols is 2. The Morgan fingerprint density at radius 3 is 2.71 bits per heavy atom. The van der Waals surface area contributed by atoms with Gasteiger partial charge in [-0.05, 0) is 11.6 Å². The Morgan fingerprint density at radius 2 is 2.14 bits per heavy atom. The van der Waals surface area contributed by atoms with Gasteiger partial charge in [0.15, 0.2) is 11.5 Å². The van der Waals surface area contributed by atoms with E-state index in [1.807, 2.05) is 0 Å². The number of rotatable bonds is 3. The first-order valence-corrected chi connectivity index (χ1v) is 4.26. The molecular weight excluding hydrogens is 178 g/mol. The first kappa shape index (κ1) is 10.4. The van der Waals surface area contributed by atoms with Crippen molar-refractivity contribution in [3.8, 4) is 11.5 Å². The Hall–Kier alpha value is -1.70. The van der Waals surface area contributed by atoms with Crippen LogP contribution in [0.4, 0.5) is 0 Å². The van der Waals surface area contributed by atoms with Gasteiger partial charge >= 0.3 is 0 Å². The molecule has 0 saturated heterocycles. The minimum atomic E-state index is -0.122. The lowest BCUT2D eigenvalue weighted by molar-refractivity contribution is 0.400. The summed E-state index contributed by atoms with van der Waals surface area (Å²) in [4.78, 5) is 0. The van der Waals surface area contributed by atoms with Crippen LogP contribution >= 0.6 is 0 Å². The van der Waals surface area contributed by atoms with Gasteiger partial charge in [0, 0.05) is 18.5 Å². The smallest absolute Gasteiger partial charge is 0.161 e. The SMILES string of the molecule is C=C=C(CN)Cc1cccc(O)c1O. The zero-order valence-electron chi connectivity index (χ0n) is 7.83. The molecule has 0 bridgehead atoms. The summed E-state index contributed by atoms with van der Waals surface area (Å²) < 4.78 is 0. The second kappa shape index (κ2) is 4.51. The van der Waals surface area contributed by atoms with Gasteiger partial charge in [0.1, 0.15) is 0 Å². The summed E-state index contributed by atoms with van der Waals surface area (Å²) in [5.41, 5.74) is 9.56. The summed E-state index contributed by atoms with van der Waals surface area (Å²) in [6.07, 6.45) is 0.459. The standard InChI is InChI=1S/C11H13NO2/c1-2-8(7-12)6-9-4-3-5-10(13)11(9)14/h3-5,13-14H,1,6-7,12H2. The van der Waals surface area contributed by atoms with Crippen LogP contribution in [0.5, 0.6) is 11.5 Å². The molecule has 3 nitrogen and oxygen atoms in total. The van der Waals surface area contributed by atoms with E-state index in [0.29, 0.717) is 18.5 Å². The summed E-state index contributed by atoms with van der Waals surface area (Å²) in [5, 5.41) is 18.7. The summed E-state index contributed by atoms with van der Waals surface area (Å²) in [7, 11) is 0. The Morgan fingerprint density at radius 1 is 1.43 bits per heavy atom. The molecule has 3 heteroatoms. The molecule has 74 valence electrons. The maximum absolute atomic E-state index is 9.49. The van der Waals surface area contributed by atoms with E-state index in [2.05, 4.69) is 12.3 Å². The molecule has 0 aliphatic rings. The molecule has 0 aliphatic heterocycles. The minimum Gasteiger partial charge on any atom is -0.504 e. The van der Waals surface area contributed by atoms with Gasteiger partial charge in [0.05, 0.1) is 0 Å². The molecule has 0 heterocycles. The van der Waals surface area contributed by atoms with Crippen LogP contribution in [0.15, 0.2) is 36.1 Å². The molecule has 0 radical (unpaired) electrons. The van der Waals surface area contributed by atoms with Crippen LogP contribution in [0.25, 0.3) is 0 Å². The van der Waals surface area contributed by atoms with E-state index in [-0.39, 0.29) is 11.5 Å². The van der Waals surface area contributed by atoms with Crippen molar-refractivity contribution < 1.29 is 10.2 Å². The van der Waals surface area contributed by atoms with E-state index in [0.717, 1.165) is 5.57 Å². The molecular formula is C11H13NO2. The van der Waals surface area contributed by atoms with Crippen molar-refractivity contribution in [3.05, 3.63) is 41.6 Å². The minimum absolute atomic E-state index is 0.103. The van der Waals surface area contributed by atoms with Crippen LogP contribution in [0.2, 0.25) is 0 Å². The molecule has 0 fully saturated rings. The molecule has 0 atom stereocenters. The van der Waals surface area contributed by atoms with Crippen LogP contribution in [-0.4, -0.2) is 16.8 Å². The second-order valence-corrected chi connectivity index (χ2v) is 2.95. The molecule has 1 aromatic carbocycles. The number of benzene rings is 1. The Balaban J connectivity index is 2.97. The van der Waals surface area contributed by atoms with Crippen LogP contribution in [0.3, 0.4) is 0 Å². The Labute approximate surface area is 82.8 Å². The number of hydrogen-bond donors (Lipinski definition) is 3. The summed E-state index contributed by atoms with van der Waals surface area (Å²) >= 11 is 0. The second-order valence-electron chi connectivity index (χ2n) is 2.95. The fraction of sp³-hybridized carbons (Fsp3) is 0.182. The normalized spacial score (nSPS) is 9.50. The predicted octanol–water partition coefficient (Wildman–Crippen LogP) is 1.31. The van der Waals surface area contributed by atoms with E-state index in [1.165, 1.54) is 6.07 Å². The monoisotopic (exact) mass is 191 g/mol. The molecule has 0 aromatic heterocycles. The van der Waals surface area contributed by atoms with Crippen molar-refractivity contribution in [2.24, 2.45) is 5.73 Å². The first-order valence-electron chi connectivity index (χ1n) is 4.26. The Bertz CT molecular complexity index is 379. The van der Waals surface area contributed by atoms with Crippen LogP contribution in [0, 0.1) is 0 Å². The highest BCUT2D eigenvalue weighted by Gasteiger charge is 2.06. The largest absolute Gasteiger partial charge is 0.504 e. The zero-order chi connectivity index (χ0) is 10.6. The van der Waals surface area contributed by atoms with E-state index < -0.39 is 0 Å². The first-order chi connectivity index (χ1) is 6.69. The molecule has 1 aromatic rings. The number of hydrogen-bond acceptors (Lipinski definition) is 3. The van der Waals surface area contributed by atoms with E-state index >= 15 is 0 Å². The maximum atomic E-state index is 9.49. The van der Waals surface area contributed by atoms with Gasteiger partial charge in [-0.25, -0.2) is 0 Å². The number of phenolic OH excluding ortho intramolecular Hbond substituents is 2. The highest BCUT2D eigenvalue weighted by atomic mass is 16.3. The fourth-order valence-electron chi connectivity index (χ4n) is 1.16. The molecule has 0 unspecified atom stereocenters. The van der Waals surface area contributed by atoms with Crippen molar-refractivity contribution in [3.63, 3.8) is 0 Å². The van der Waals surface area contributed by atoms with Gasteiger partial charge in [-0.15, -0.1) is 5.73 Å². The summed E-state index contributed by atoms with van der Waals surface area (Å²) in [6, 6.07) is 4.82. The molecule has 0 saturated carbocycles. The molecule has 0 spiro atoms. The van der Waals surface area contributed by atoms with Crippen LogP contribution in [-0.2, 0) is 6.42 Å². The van der Waals surface area contributed by atoms with Gasteiger partial charge in [-0.2, -0.15) is 0 Å². The molecule has 0 amide bonds. The summed E-state index contributed by atoms with van der Waals surface area (Å²) in [6.45, 7) is 3.84. The predicted molar refractivity (Wildman–Crippen MR) is 55.2 cm³/mol. The third-order valence-corrected chi connectivity index (χ3v) is 2.00. The molecule has 4 N–H and O–H groups in total. The Kier molecular flexibility index (Phi) is 3.35. The lowest BCUT2D eigenvalue weighted by atomic mass is 10.0. The van der Waals surface area contributed by atoms with Crippen molar-refractivity contribution in [2.45, 2.75) is 6.42 Å². The van der Waals surface area contributed by atoms with E-state index in [4.69, 9.17) is 5.73 Å². The lowest BCUT2D eigenvalue weighted by Crippen LogP contribution is -2.04. The highest BCUT2D eigenvalue weighted by molar-refractivity contribution is 5.45. The lowest BCUT2D eigenvalue weighted by Gasteiger charge is -2.06. The van der Waals surface area contributed by atoms with E-state index in [9.17, 15) is 10.2 Å². The maximum Gasteiger partial charge on any atom is 0.161 e. The van der Waals surface area contributed by atoms with Crippen molar-refractivity contribution in [1.82, 2.24) is 0 Å². The number of para-hydroxylation sites is 1. The van der Waals surface area contributed by atoms with E-state index in [1.54, 1.807) is 12.1 Å². The highest BCUT2D eigenvalue weighted by Crippen LogP contribution is 2.29. The van der Waals surface area contributed by atoms with Gasteiger partial charge < -0.3 is 15.9 Å². The fourth-order valence-corrected chi connectivity index (χ4v) is 1.16. The topological polar surface area (TPSA) is 66.5 Å². The van der Waals surface area contributed by atoms with Gasteiger partial charge in [-0.3, -0.25) is 0 Å².